The lowest BCUT2D eigenvalue weighted by molar-refractivity contribution is 0.565. The number of nitrogens with zero attached hydrogens (tertiary/aromatic N) is 1. The van der Waals surface area contributed by atoms with Gasteiger partial charge in [-0.15, -0.1) is 0 Å². The van der Waals surface area contributed by atoms with E-state index in [9.17, 15) is 9.18 Å². The van der Waals surface area contributed by atoms with E-state index in [0.29, 0.717) is 16.8 Å². The Hall–Kier alpha value is -1.47. The molecule has 0 aliphatic heterocycles. The lowest BCUT2D eigenvalue weighted by Gasteiger charge is -2.01. The fourth-order valence-corrected chi connectivity index (χ4v) is 0.981. The maximum atomic E-state index is 13.1. The maximum Gasteiger partial charge on any atom is 0.240 e. The average Bonchev–Trinajstić information content (AvgIpc) is 2.07. The van der Waals surface area contributed by atoms with Gasteiger partial charge in [-0.05, 0) is 25.5 Å². The first-order chi connectivity index (χ1) is 5.66. The van der Waals surface area contributed by atoms with Gasteiger partial charge in [0.1, 0.15) is 5.82 Å². The van der Waals surface area contributed by atoms with Crippen molar-refractivity contribution in [1.82, 2.24) is 0 Å². The summed E-state index contributed by atoms with van der Waals surface area (Å²) in [5, 5.41) is 0. The Morgan fingerprint density at radius 1 is 1.42 bits per heavy atom. The van der Waals surface area contributed by atoms with Gasteiger partial charge in [0.15, 0.2) is 0 Å². The minimum atomic E-state index is -0.313. The van der Waals surface area contributed by atoms with E-state index in [0.717, 1.165) is 0 Å². The summed E-state index contributed by atoms with van der Waals surface area (Å²) in [5.41, 5.74) is 1.28. The van der Waals surface area contributed by atoms with Crippen molar-refractivity contribution in [3.63, 3.8) is 0 Å². The second kappa shape index (κ2) is 3.28. The van der Waals surface area contributed by atoms with Crippen molar-refractivity contribution >= 4 is 11.8 Å². The van der Waals surface area contributed by atoms with Crippen LogP contribution in [0, 0.1) is 19.7 Å². The van der Waals surface area contributed by atoms with E-state index in [1.165, 1.54) is 6.08 Å². The average molecular weight is 165 g/mol. The smallest absolute Gasteiger partial charge is 0.211 e. The first-order valence-electron chi connectivity index (χ1n) is 3.50. The van der Waals surface area contributed by atoms with Gasteiger partial charge in [0, 0.05) is 5.56 Å². The van der Waals surface area contributed by atoms with Crippen molar-refractivity contribution in [2.75, 3.05) is 0 Å². The van der Waals surface area contributed by atoms with Gasteiger partial charge in [-0.1, -0.05) is 6.07 Å². The molecule has 0 saturated carbocycles. The van der Waals surface area contributed by atoms with E-state index in [-0.39, 0.29) is 5.82 Å². The minimum Gasteiger partial charge on any atom is -0.211 e. The molecule has 1 rings (SSSR count). The predicted molar refractivity (Wildman–Crippen MR) is 43.7 cm³/mol. The molecule has 0 heterocycles. The van der Waals surface area contributed by atoms with Crippen LogP contribution in [0.3, 0.4) is 0 Å². The van der Waals surface area contributed by atoms with Crippen molar-refractivity contribution in [2.24, 2.45) is 4.99 Å². The van der Waals surface area contributed by atoms with Gasteiger partial charge in [-0.2, -0.15) is 4.99 Å². The van der Waals surface area contributed by atoms with E-state index in [1.807, 2.05) is 0 Å². The molecule has 2 nitrogen and oxygen atoms in total. The minimum absolute atomic E-state index is 0.313. The Labute approximate surface area is 69.7 Å². The standard InChI is InChI=1S/C9H8FNO/c1-6-3-4-8(11-5-12)7(2)9(6)10/h3-4H,1-2H3. The Morgan fingerprint density at radius 3 is 2.67 bits per heavy atom. The number of carbonyl (C=O) groups excluding carboxylic acids is 1. The highest BCUT2D eigenvalue weighted by Crippen LogP contribution is 2.22. The number of aryl methyl sites for hydroxylation is 1. The van der Waals surface area contributed by atoms with Crippen LogP contribution in [0.5, 0.6) is 0 Å². The van der Waals surface area contributed by atoms with Gasteiger partial charge >= 0.3 is 0 Å². The summed E-state index contributed by atoms with van der Waals surface area (Å²) in [4.78, 5) is 13.3. The highest BCUT2D eigenvalue weighted by Gasteiger charge is 2.05. The van der Waals surface area contributed by atoms with Gasteiger partial charge in [0.2, 0.25) is 6.08 Å². The van der Waals surface area contributed by atoms with Crippen LogP contribution in [0.15, 0.2) is 17.1 Å². The predicted octanol–water partition coefficient (Wildman–Crippen LogP) is 2.41. The number of hydrogen-bond donors (Lipinski definition) is 0. The molecule has 0 aliphatic rings. The molecule has 3 heteroatoms. The zero-order valence-electron chi connectivity index (χ0n) is 6.89. The zero-order valence-corrected chi connectivity index (χ0v) is 6.89. The van der Waals surface area contributed by atoms with Crippen molar-refractivity contribution in [3.8, 4) is 0 Å². The van der Waals surface area contributed by atoms with Crippen molar-refractivity contribution < 1.29 is 9.18 Å². The molecule has 0 saturated heterocycles. The topological polar surface area (TPSA) is 29.4 Å². The largest absolute Gasteiger partial charge is 0.240 e. The Balaban J connectivity index is 3.35. The maximum absolute atomic E-state index is 13.1. The molecule has 0 aromatic heterocycles. The molecule has 62 valence electrons. The molecule has 0 atom stereocenters. The van der Waals surface area contributed by atoms with Crippen LogP contribution in [0.4, 0.5) is 10.1 Å². The van der Waals surface area contributed by atoms with Gasteiger partial charge < -0.3 is 0 Å². The van der Waals surface area contributed by atoms with Crippen LogP contribution in [0.1, 0.15) is 11.1 Å². The first kappa shape index (κ1) is 8.62. The van der Waals surface area contributed by atoms with Crippen LogP contribution in [-0.4, -0.2) is 6.08 Å². The monoisotopic (exact) mass is 165 g/mol. The van der Waals surface area contributed by atoms with Crippen molar-refractivity contribution in [1.29, 1.82) is 0 Å². The quantitative estimate of drug-likeness (QED) is 0.464. The van der Waals surface area contributed by atoms with Crippen molar-refractivity contribution in [2.45, 2.75) is 13.8 Å². The van der Waals surface area contributed by atoms with E-state index in [2.05, 4.69) is 4.99 Å². The number of isocyanates is 1. The van der Waals surface area contributed by atoms with Crippen LogP contribution in [0.25, 0.3) is 0 Å². The SMILES string of the molecule is Cc1ccc(N=C=O)c(C)c1F. The fraction of sp³-hybridized carbons (Fsp3) is 0.222. The molecule has 1 aromatic rings. The summed E-state index contributed by atoms with van der Waals surface area (Å²) in [5.74, 6) is -0.313. The van der Waals surface area contributed by atoms with E-state index in [1.54, 1.807) is 26.0 Å². The summed E-state index contributed by atoms with van der Waals surface area (Å²) < 4.78 is 13.1. The lowest BCUT2D eigenvalue weighted by atomic mass is 10.1. The van der Waals surface area contributed by atoms with E-state index >= 15 is 0 Å². The number of rotatable bonds is 1. The second-order valence-corrected chi connectivity index (χ2v) is 2.54. The molecule has 12 heavy (non-hydrogen) atoms. The molecule has 0 N–H and O–H groups in total. The molecule has 0 unspecified atom stereocenters. The van der Waals surface area contributed by atoms with Crippen LogP contribution in [-0.2, 0) is 4.79 Å². The third kappa shape index (κ3) is 1.41. The summed E-state index contributed by atoms with van der Waals surface area (Å²) in [7, 11) is 0. The highest BCUT2D eigenvalue weighted by atomic mass is 19.1. The molecule has 0 aliphatic carbocycles. The van der Waals surface area contributed by atoms with E-state index < -0.39 is 0 Å². The third-order valence-electron chi connectivity index (χ3n) is 1.72. The first-order valence-corrected chi connectivity index (χ1v) is 3.50. The van der Waals surface area contributed by atoms with E-state index in [4.69, 9.17) is 0 Å². The number of benzene rings is 1. The van der Waals surface area contributed by atoms with Crippen LogP contribution >= 0.6 is 0 Å². The molecule has 0 fully saturated rings. The molecular formula is C9H8FNO. The Bertz CT molecular complexity index is 354. The normalized spacial score (nSPS) is 9.25. The summed E-state index contributed by atoms with van der Waals surface area (Å²) in [6.07, 6.45) is 1.38. The molecule has 1 aromatic carbocycles. The van der Waals surface area contributed by atoms with Crippen LogP contribution < -0.4 is 0 Å². The lowest BCUT2D eigenvalue weighted by Crippen LogP contribution is -1.86. The van der Waals surface area contributed by atoms with Gasteiger partial charge in [-0.3, -0.25) is 0 Å². The van der Waals surface area contributed by atoms with Crippen LogP contribution in [0.2, 0.25) is 0 Å². The molecule has 0 amide bonds. The molecule has 0 spiro atoms. The summed E-state index contributed by atoms with van der Waals surface area (Å²) in [6, 6.07) is 3.18. The van der Waals surface area contributed by atoms with Gasteiger partial charge in [-0.25, -0.2) is 9.18 Å². The second-order valence-electron chi connectivity index (χ2n) is 2.54. The molecule has 0 radical (unpaired) electrons. The highest BCUT2D eigenvalue weighted by molar-refractivity contribution is 5.54. The Morgan fingerprint density at radius 2 is 2.08 bits per heavy atom. The molecular weight excluding hydrogens is 157 g/mol. The summed E-state index contributed by atoms with van der Waals surface area (Å²) >= 11 is 0. The zero-order chi connectivity index (χ0) is 9.14. The number of halogens is 1. The van der Waals surface area contributed by atoms with Crippen molar-refractivity contribution in [3.05, 3.63) is 29.1 Å². The number of hydrogen-bond acceptors (Lipinski definition) is 2. The summed E-state index contributed by atoms with van der Waals surface area (Å²) in [6.45, 7) is 3.25. The molecule has 0 bridgehead atoms. The Kier molecular flexibility index (Phi) is 2.36. The third-order valence-corrected chi connectivity index (χ3v) is 1.72. The van der Waals surface area contributed by atoms with Gasteiger partial charge in [0.25, 0.3) is 0 Å². The number of aliphatic imine (C=N–C) groups is 1. The van der Waals surface area contributed by atoms with Gasteiger partial charge in [0.05, 0.1) is 5.69 Å². The fourth-order valence-electron chi connectivity index (χ4n) is 0.981.